The fourth-order valence-corrected chi connectivity index (χ4v) is 2.28. The van der Waals surface area contributed by atoms with Crippen LogP contribution in [0.25, 0.3) is 0 Å². The highest BCUT2D eigenvalue weighted by Crippen LogP contribution is 2.35. The molecular formula is C16H16FNO3. The van der Waals surface area contributed by atoms with Crippen LogP contribution >= 0.6 is 0 Å². The Morgan fingerprint density at radius 3 is 2.76 bits per heavy atom. The van der Waals surface area contributed by atoms with Crippen molar-refractivity contribution < 1.29 is 19.0 Å². The molecule has 2 aromatic carbocycles. The molecule has 4 nitrogen and oxygen atoms in total. The molecule has 0 unspecified atom stereocenters. The number of ether oxygens (including phenoxy) is 2. The van der Waals surface area contributed by atoms with Crippen LogP contribution in [0.3, 0.4) is 0 Å². The van der Waals surface area contributed by atoms with Gasteiger partial charge in [0.25, 0.3) is 0 Å². The van der Waals surface area contributed by atoms with Crippen molar-refractivity contribution in [2.24, 2.45) is 0 Å². The predicted octanol–water partition coefficient (Wildman–Crippen LogP) is 2.38. The number of benzene rings is 2. The second-order valence-electron chi connectivity index (χ2n) is 4.85. The molecule has 0 saturated carbocycles. The molecule has 1 aliphatic heterocycles. The third-order valence-corrected chi connectivity index (χ3v) is 3.39. The zero-order chi connectivity index (χ0) is 14.7. The predicted molar refractivity (Wildman–Crippen MR) is 75.6 cm³/mol. The molecule has 1 atom stereocenters. The van der Waals surface area contributed by atoms with E-state index >= 15 is 0 Å². The summed E-state index contributed by atoms with van der Waals surface area (Å²) in [4.78, 5) is 0. The van der Waals surface area contributed by atoms with Crippen molar-refractivity contribution in [3.63, 3.8) is 0 Å². The molecule has 1 aliphatic rings. The monoisotopic (exact) mass is 289 g/mol. The Bertz CT molecular complexity index is 615. The maximum Gasteiger partial charge on any atom is 0.231 e. The second kappa shape index (κ2) is 6.11. The van der Waals surface area contributed by atoms with Crippen LogP contribution in [0.5, 0.6) is 11.5 Å². The summed E-state index contributed by atoms with van der Waals surface area (Å²) >= 11 is 0. The summed E-state index contributed by atoms with van der Waals surface area (Å²) < 4.78 is 23.6. The van der Waals surface area contributed by atoms with Crippen LogP contribution < -0.4 is 14.8 Å². The van der Waals surface area contributed by atoms with Crippen LogP contribution in [0.15, 0.2) is 42.5 Å². The van der Waals surface area contributed by atoms with Crippen molar-refractivity contribution in [3.05, 3.63) is 59.4 Å². The van der Waals surface area contributed by atoms with Crippen LogP contribution in [-0.2, 0) is 6.54 Å². The van der Waals surface area contributed by atoms with E-state index in [4.69, 9.17) is 9.47 Å². The molecule has 0 fully saturated rings. The molecule has 110 valence electrons. The average Bonchev–Trinajstić information content (AvgIpc) is 2.97. The Morgan fingerprint density at radius 2 is 1.95 bits per heavy atom. The number of nitrogens with one attached hydrogen (secondary N) is 1. The molecule has 2 N–H and O–H groups in total. The summed E-state index contributed by atoms with van der Waals surface area (Å²) in [5, 5.41) is 13.2. The van der Waals surface area contributed by atoms with Gasteiger partial charge >= 0.3 is 0 Å². The van der Waals surface area contributed by atoms with Gasteiger partial charge in [-0.2, -0.15) is 0 Å². The van der Waals surface area contributed by atoms with E-state index in [-0.39, 0.29) is 12.6 Å². The molecule has 0 spiro atoms. The first-order valence-corrected chi connectivity index (χ1v) is 6.76. The van der Waals surface area contributed by atoms with Gasteiger partial charge in [0.15, 0.2) is 11.5 Å². The summed E-state index contributed by atoms with van der Waals surface area (Å²) in [5.74, 6) is 1.19. The number of aliphatic hydroxyl groups excluding tert-OH is 1. The molecular weight excluding hydrogens is 273 g/mol. The lowest BCUT2D eigenvalue weighted by atomic mass is 10.1. The first-order chi connectivity index (χ1) is 10.2. The van der Waals surface area contributed by atoms with Crippen molar-refractivity contribution in [2.45, 2.75) is 12.6 Å². The summed E-state index contributed by atoms with van der Waals surface area (Å²) in [6.45, 7) is 1.17. The minimum atomic E-state index is -0.681. The number of hydrogen-bond acceptors (Lipinski definition) is 4. The van der Waals surface area contributed by atoms with Gasteiger partial charge in [-0.25, -0.2) is 4.39 Å². The molecule has 0 bridgehead atoms. The maximum atomic E-state index is 12.8. The van der Waals surface area contributed by atoms with E-state index in [2.05, 4.69) is 5.32 Å². The molecule has 2 aromatic rings. The van der Waals surface area contributed by atoms with Crippen LogP contribution in [0.4, 0.5) is 4.39 Å². The second-order valence-corrected chi connectivity index (χ2v) is 4.85. The minimum absolute atomic E-state index is 0.241. The SMILES string of the molecule is O[C@@H](CNCc1cccc2c1OCO2)c1ccc(F)cc1. The van der Waals surface area contributed by atoms with Crippen molar-refractivity contribution >= 4 is 0 Å². The Morgan fingerprint density at radius 1 is 1.14 bits per heavy atom. The minimum Gasteiger partial charge on any atom is -0.454 e. The van der Waals surface area contributed by atoms with E-state index in [1.807, 2.05) is 18.2 Å². The highest BCUT2D eigenvalue weighted by molar-refractivity contribution is 5.48. The normalized spacial score (nSPS) is 14.2. The van der Waals surface area contributed by atoms with Gasteiger partial charge in [0.2, 0.25) is 6.79 Å². The van der Waals surface area contributed by atoms with Gasteiger partial charge in [-0.3, -0.25) is 0 Å². The van der Waals surface area contributed by atoms with Gasteiger partial charge < -0.3 is 19.9 Å². The first-order valence-electron chi connectivity index (χ1n) is 6.76. The molecule has 0 amide bonds. The lowest BCUT2D eigenvalue weighted by Crippen LogP contribution is -2.21. The molecule has 5 heteroatoms. The smallest absolute Gasteiger partial charge is 0.231 e. The number of hydrogen-bond donors (Lipinski definition) is 2. The standard InChI is InChI=1S/C16H16FNO3/c17-13-6-4-11(5-7-13)14(19)9-18-8-12-2-1-3-15-16(12)21-10-20-15/h1-7,14,18-19H,8-10H2/t14-/m0/s1. The average molecular weight is 289 g/mol. The highest BCUT2D eigenvalue weighted by atomic mass is 19.1. The number of para-hydroxylation sites is 1. The van der Waals surface area contributed by atoms with E-state index in [0.29, 0.717) is 18.7 Å². The lowest BCUT2D eigenvalue weighted by molar-refractivity contribution is 0.170. The van der Waals surface area contributed by atoms with Crippen LogP contribution in [-0.4, -0.2) is 18.4 Å². The molecule has 0 aliphatic carbocycles. The first kappa shape index (κ1) is 13.9. The highest BCUT2D eigenvalue weighted by Gasteiger charge is 2.17. The van der Waals surface area contributed by atoms with Crippen LogP contribution in [0, 0.1) is 5.82 Å². The summed E-state index contributed by atoms with van der Waals surface area (Å²) in [7, 11) is 0. The Hall–Kier alpha value is -2.11. The molecule has 0 saturated heterocycles. The van der Waals surface area contributed by atoms with Crippen molar-refractivity contribution in [1.29, 1.82) is 0 Å². The zero-order valence-electron chi connectivity index (χ0n) is 11.4. The summed E-state index contributed by atoms with van der Waals surface area (Å²) in [6, 6.07) is 11.6. The fraction of sp³-hybridized carbons (Fsp3) is 0.250. The Balaban J connectivity index is 1.57. The van der Waals surface area contributed by atoms with Gasteiger partial charge in [-0.05, 0) is 23.8 Å². The van der Waals surface area contributed by atoms with Gasteiger partial charge in [-0.1, -0.05) is 24.3 Å². The van der Waals surface area contributed by atoms with E-state index in [1.54, 1.807) is 12.1 Å². The number of rotatable bonds is 5. The molecule has 3 rings (SSSR count). The van der Waals surface area contributed by atoms with E-state index in [0.717, 1.165) is 17.1 Å². The topological polar surface area (TPSA) is 50.7 Å². The molecule has 0 radical (unpaired) electrons. The summed E-state index contributed by atoms with van der Waals surface area (Å²) in [5.41, 5.74) is 1.66. The van der Waals surface area contributed by atoms with E-state index in [9.17, 15) is 9.50 Å². The number of halogens is 1. The van der Waals surface area contributed by atoms with Crippen molar-refractivity contribution in [1.82, 2.24) is 5.32 Å². The number of fused-ring (bicyclic) bond motifs is 1. The Kier molecular flexibility index (Phi) is 4.03. The summed E-state index contributed by atoms with van der Waals surface area (Å²) in [6.07, 6.45) is -0.681. The largest absolute Gasteiger partial charge is 0.454 e. The Labute approximate surface area is 122 Å². The van der Waals surface area contributed by atoms with Gasteiger partial charge in [0, 0.05) is 18.7 Å². The number of aliphatic hydroxyl groups is 1. The molecule has 1 heterocycles. The van der Waals surface area contributed by atoms with Crippen molar-refractivity contribution in [2.75, 3.05) is 13.3 Å². The van der Waals surface area contributed by atoms with E-state index in [1.165, 1.54) is 12.1 Å². The van der Waals surface area contributed by atoms with Gasteiger partial charge in [-0.15, -0.1) is 0 Å². The van der Waals surface area contributed by atoms with Crippen LogP contribution in [0.1, 0.15) is 17.2 Å². The lowest BCUT2D eigenvalue weighted by Gasteiger charge is -2.13. The van der Waals surface area contributed by atoms with E-state index < -0.39 is 6.10 Å². The van der Waals surface area contributed by atoms with Crippen molar-refractivity contribution in [3.8, 4) is 11.5 Å². The van der Waals surface area contributed by atoms with Gasteiger partial charge in [0.1, 0.15) is 5.82 Å². The van der Waals surface area contributed by atoms with Crippen LogP contribution in [0.2, 0.25) is 0 Å². The quantitative estimate of drug-likeness (QED) is 0.887. The van der Waals surface area contributed by atoms with Gasteiger partial charge in [0.05, 0.1) is 6.10 Å². The third kappa shape index (κ3) is 3.15. The molecule has 0 aromatic heterocycles. The third-order valence-electron chi connectivity index (χ3n) is 3.39. The fourth-order valence-electron chi connectivity index (χ4n) is 2.28. The zero-order valence-corrected chi connectivity index (χ0v) is 11.4. The molecule has 21 heavy (non-hydrogen) atoms. The maximum absolute atomic E-state index is 12.8.